The number of aryl methyl sites for hydroxylation is 1. The van der Waals surface area contributed by atoms with Crippen LogP contribution in [0.3, 0.4) is 0 Å². The zero-order chi connectivity index (χ0) is 22.5. The highest BCUT2D eigenvalue weighted by Crippen LogP contribution is 2.28. The summed E-state index contributed by atoms with van der Waals surface area (Å²) in [7, 11) is 1.65. The molecule has 0 aliphatic carbocycles. The molecular weight excluding hydrogens is 442 g/mol. The summed E-state index contributed by atoms with van der Waals surface area (Å²) >= 11 is 7.53. The molecule has 3 aromatic carbocycles. The van der Waals surface area contributed by atoms with E-state index in [1.165, 1.54) is 11.8 Å². The normalized spacial score (nSPS) is 10.8. The summed E-state index contributed by atoms with van der Waals surface area (Å²) in [6, 6.07) is 21.1. The van der Waals surface area contributed by atoms with Gasteiger partial charge in [-0.2, -0.15) is 0 Å². The Bertz CT molecular complexity index is 1280. The number of nitrogens with zero attached hydrogens (tertiary/aromatic N) is 2. The SMILES string of the molecule is COc1ccccc1Cc1nc2ccccc2nc1SCC(=O)Nc1ccc(C)c(Cl)c1. The van der Waals surface area contributed by atoms with Gasteiger partial charge in [0.25, 0.3) is 0 Å². The molecule has 0 unspecified atom stereocenters. The smallest absolute Gasteiger partial charge is 0.234 e. The number of carbonyl (C=O) groups is 1. The first-order valence-electron chi connectivity index (χ1n) is 10.1. The molecule has 7 heteroatoms. The number of rotatable bonds is 7. The molecule has 1 amide bonds. The van der Waals surface area contributed by atoms with E-state index in [0.29, 0.717) is 17.1 Å². The molecule has 0 radical (unpaired) electrons. The molecular formula is C25H22ClN3O2S. The van der Waals surface area contributed by atoms with E-state index in [-0.39, 0.29) is 11.7 Å². The van der Waals surface area contributed by atoms with Crippen LogP contribution in [0.2, 0.25) is 5.02 Å². The molecule has 32 heavy (non-hydrogen) atoms. The van der Waals surface area contributed by atoms with Crippen molar-refractivity contribution in [2.75, 3.05) is 18.2 Å². The average molecular weight is 464 g/mol. The number of fused-ring (bicyclic) bond motifs is 1. The van der Waals surface area contributed by atoms with Crippen LogP contribution in [0.25, 0.3) is 11.0 Å². The Morgan fingerprint density at radius 2 is 1.75 bits per heavy atom. The van der Waals surface area contributed by atoms with Crippen LogP contribution >= 0.6 is 23.4 Å². The fourth-order valence-electron chi connectivity index (χ4n) is 3.28. The number of nitrogens with one attached hydrogen (secondary N) is 1. The second-order valence-electron chi connectivity index (χ2n) is 7.25. The lowest BCUT2D eigenvalue weighted by molar-refractivity contribution is -0.113. The number of hydrogen-bond acceptors (Lipinski definition) is 5. The van der Waals surface area contributed by atoms with Gasteiger partial charge >= 0.3 is 0 Å². The first-order chi connectivity index (χ1) is 15.5. The van der Waals surface area contributed by atoms with Crippen LogP contribution in [0.5, 0.6) is 5.75 Å². The summed E-state index contributed by atoms with van der Waals surface area (Å²) in [5.74, 6) is 0.873. The lowest BCUT2D eigenvalue weighted by Crippen LogP contribution is -2.14. The number of amides is 1. The van der Waals surface area contributed by atoms with Crippen molar-refractivity contribution in [1.29, 1.82) is 0 Å². The number of ether oxygens (including phenoxy) is 1. The first-order valence-corrected chi connectivity index (χ1v) is 11.5. The van der Waals surface area contributed by atoms with E-state index in [4.69, 9.17) is 26.3 Å². The quantitative estimate of drug-likeness (QED) is 0.344. The third-order valence-electron chi connectivity index (χ3n) is 4.95. The second-order valence-corrected chi connectivity index (χ2v) is 8.62. The highest BCUT2D eigenvalue weighted by atomic mass is 35.5. The molecule has 0 spiro atoms. The number of halogens is 1. The Labute approximate surface area is 196 Å². The highest BCUT2D eigenvalue weighted by Gasteiger charge is 2.14. The van der Waals surface area contributed by atoms with Gasteiger partial charge in [-0.05, 0) is 42.8 Å². The lowest BCUT2D eigenvalue weighted by Gasteiger charge is -2.12. The largest absolute Gasteiger partial charge is 0.496 e. The predicted octanol–water partition coefficient (Wildman–Crippen LogP) is 5.92. The molecule has 0 bridgehead atoms. The van der Waals surface area contributed by atoms with E-state index < -0.39 is 0 Å². The van der Waals surface area contributed by atoms with E-state index in [1.54, 1.807) is 13.2 Å². The standard InChI is InChI=1S/C25H22ClN3O2S/c1-16-11-12-18(14-19(16)26)27-24(30)15-32-25-22(13-17-7-3-6-10-23(17)31-2)28-20-8-4-5-9-21(20)29-25/h3-12,14H,13,15H2,1-2H3,(H,27,30). The minimum Gasteiger partial charge on any atom is -0.496 e. The van der Waals surface area contributed by atoms with Crippen LogP contribution in [-0.4, -0.2) is 28.7 Å². The van der Waals surface area contributed by atoms with Crippen molar-refractivity contribution in [3.05, 3.63) is 88.6 Å². The monoisotopic (exact) mass is 463 g/mol. The summed E-state index contributed by atoms with van der Waals surface area (Å²) in [4.78, 5) is 22.2. The molecule has 0 fully saturated rings. The van der Waals surface area contributed by atoms with E-state index in [1.807, 2.05) is 67.6 Å². The molecule has 162 valence electrons. The summed E-state index contributed by atoms with van der Waals surface area (Å²) in [6.45, 7) is 1.92. The van der Waals surface area contributed by atoms with Crippen LogP contribution in [-0.2, 0) is 11.2 Å². The van der Waals surface area contributed by atoms with Crippen LogP contribution in [0.1, 0.15) is 16.8 Å². The first kappa shape index (κ1) is 22.1. The zero-order valence-corrected chi connectivity index (χ0v) is 19.3. The number of methoxy groups -OCH3 is 1. The minimum absolute atomic E-state index is 0.131. The predicted molar refractivity (Wildman–Crippen MR) is 131 cm³/mol. The molecule has 1 N–H and O–H groups in total. The minimum atomic E-state index is -0.131. The van der Waals surface area contributed by atoms with Gasteiger partial charge in [0.1, 0.15) is 10.8 Å². The van der Waals surface area contributed by atoms with Gasteiger partial charge in [-0.25, -0.2) is 9.97 Å². The van der Waals surface area contributed by atoms with Crippen molar-refractivity contribution in [3.63, 3.8) is 0 Å². The van der Waals surface area contributed by atoms with E-state index in [2.05, 4.69) is 5.32 Å². The molecule has 5 nitrogen and oxygen atoms in total. The van der Waals surface area contributed by atoms with E-state index >= 15 is 0 Å². The molecule has 0 aliphatic heterocycles. The summed E-state index contributed by atoms with van der Waals surface area (Å²) in [6.07, 6.45) is 0.555. The number of thioether (sulfide) groups is 1. The fourth-order valence-corrected chi connectivity index (χ4v) is 4.25. The zero-order valence-electron chi connectivity index (χ0n) is 17.8. The maximum atomic E-state index is 12.6. The highest BCUT2D eigenvalue weighted by molar-refractivity contribution is 8.00. The Hall–Kier alpha value is -3.09. The van der Waals surface area contributed by atoms with Crippen molar-refractivity contribution < 1.29 is 9.53 Å². The Morgan fingerprint density at radius 1 is 1.03 bits per heavy atom. The summed E-state index contributed by atoms with van der Waals surface area (Å²) in [5.41, 5.74) is 5.08. The topological polar surface area (TPSA) is 64.1 Å². The average Bonchev–Trinajstić information content (AvgIpc) is 2.80. The molecule has 0 atom stereocenters. The number of benzene rings is 3. The molecule has 4 rings (SSSR count). The van der Waals surface area contributed by atoms with Crippen molar-refractivity contribution in [3.8, 4) is 5.75 Å². The molecule has 1 aromatic heterocycles. The number of hydrogen-bond donors (Lipinski definition) is 1. The van der Waals surface area contributed by atoms with Gasteiger partial charge in [0.15, 0.2) is 0 Å². The molecule has 4 aromatic rings. The van der Waals surface area contributed by atoms with Crippen LogP contribution in [0, 0.1) is 6.92 Å². The van der Waals surface area contributed by atoms with Gasteiger partial charge in [0.2, 0.25) is 5.91 Å². The van der Waals surface area contributed by atoms with Crippen LogP contribution in [0.15, 0.2) is 71.8 Å². The maximum absolute atomic E-state index is 12.6. The van der Waals surface area contributed by atoms with E-state index in [0.717, 1.165) is 38.6 Å². The summed E-state index contributed by atoms with van der Waals surface area (Å²) in [5, 5.41) is 4.24. The van der Waals surface area contributed by atoms with Gasteiger partial charge < -0.3 is 10.1 Å². The Kier molecular flexibility index (Phi) is 6.93. The van der Waals surface area contributed by atoms with Gasteiger partial charge in [0.05, 0.1) is 29.6 Å². The van der Waals surface area contributed by atoms with Crippen molar-refractivity contribution in [2.45, 2.75) is 18.4 Å². The Morgan fingerprint density at radius 3 is 2.50 bits per heavy atom. The molecule has 1 heterocycles. The number of aromatic nitrogens is 2. The molecule has 0 saturated carbocycles. The molecule has 0 saturated heterocycles. The number of carbonyl (C=O) groups excluding carboxylic acids is 1. The Balaban J connectivity index is 1.57. The van der Waals surface area contributed by atoms with Crippen molar-refractivity contribution >= 4 is 46.0 Å². The van der Waals surface area contributed by atoms with Gasteiger partial charge in [0, 0.05) is 22.7 Å². The third-order valence-corrected chi connectivity index (χ3v) is 6.37. The van der Waals surface area contributed by atoms with E-state index in [9.17, 15) is 4.79 Å². The maximum Gasteiger partial charge on any atom is 0.234 e. The van der Waals surface area contributed by atoms with Crippen LogP contribution in [0.4, 0.5) is 5.69 Å². The lowest BCUT2D eigenvalue weighted by atomic mass is 10.1. The van der Waals surface area contributed by atoms with Crippen molar-refractivity contribution in [2.24, 2.45) is 0 Å². The third kappa shape index (κ3) is 5.21. The fraction of sp³-hybridized carbons (Fsp3) is 0.160. The molecule has 0 aliphatic rings. The van der Waals surface area contributed by atoms with Gasteiger partial charge in [-0.15, -0.1) is 0 Å². The van der Waals surface area contributed by atoms with Gasteiger partial charge in [-0.1, -0.05) is 59.8 Å². The van der Waals surface area contributed by atoms with Gasteiger partial charge in [-0.3, -0.25) is 4.79 Å². The number of para-hydroxylation sites is 3. The summed E-state index contributed by atoms with van der Waals surface area (Å²) < 4.78 is 5.50. The second kappa shape index (κ2) is 10.0. The number of anilines is 1. The van der Waals surface area contributed by atoms with Crippen LogP contribution < -0.4 is 10.1 Å². The van der Waals surface area contributed by atoms with Crippen molar-refractivity contribution in [1.82, 2.24) is 9.97 Å².